The molecule has 86 valence electrons. The molecular formula is C12H13ClFNO. The van der Waals surface area contributed by atoms with Crippen molar-refractivity contribution in [3.63, 3.8) is 0 Å². The molecule has 1 aromatic rings. The van der Waals surface area contributed by atoms with E-state index in [2.05, 4.69) is 0 Å². The van der Waals surface area contributed by atoms with Crippen molar-refractivity contribution in [2.75, 3.05) is 0 Å². The summed E-state index contributed by atoms with van der Waals surface area (Å²) in [4.78, 5) is 11.8. The van der Waals surface area contributed by atoms with Gasteiger partial charge in [-0.05, 0) is 18.9 Å². The smallest absolute Gasteiger partial charge is 0.157 e. The molecule has 1 unspecified atom stereocenters. The fourth-order valence-corrected chi connectivity index (χ4v) is 2.36. The molecule has 0 radical (unpaired) electrons. The number of ketones is 1. The van der Waals surface area contributed by atoms with E-state index in [1.807, 2.05) is 0 Å². The van der Waals surface area contributed by atoms with Gasteiger partial charge in [-0.15, -0.1) is 0 Å². The van der Waals surface area contributed by atoms with Crippen LogP contribution in [0.15, 0.2) is 18.2 Å². The normalized spacial score (nSPS) is 25.8. The number of Topliss-reactive ketones (excluding diaryl/α,β-unsaturated/α-hetero) is 1. The number of halogens is 2. The first-order valence-electron chi connectivity index (χ1n) is 5.32. The maximum absolute atomic E-state index is 13.8. The Morgan fingerprint density at radius 2 is 2.12 bits per heavy atom. The highest BCUT2D eigenvalue weighted by molar-refractivity contribution is 6.30. The Kier molecular flexibility index (Phi) is 3.00. The van der Waals surface area contributed by atoms with Crippen molar-refractivity contribution in [3.05, 3.63) is 34.6 Å². The molecule has 1 aliphatic carbocycles. The van der Waals surface area contributed by atoms with Gasteiger partial charge in [0.05, 0.1) is 5.02 Å². The highest BCUT2D eigenvalue weighted by Gasteiger charge is 2.39. The van der Waals surface area contributed by atoms with Crippen LogP contribution in [-0.4, -0.2) is 5.78 Å². The molecule has 1 atom stereocenters. The lowest BCUT2D eigenvalue weighted by molar-refractivity contribution is -0.126. The second kappa shape index (κ2) is 4.15. The average molecular weight is 242 g/mol. The zero-order valence-corrected chi connectivity index (χ0v) is 9.56. The summed E-state index contributed by atoms with van der Waals surface area (Å²) in [5.74, 6) is -0.665. The fourth-order valence-electron chi connectivity index (χ4n) is 2.19. The third-order valence-corrected chi connectivity index (χ3v) is 3.45. The number of hydrogen-bond acceptors (Lipinski definition) is 2. The molecule has 0 saturated heterocycles. The molecule has 16 heavy (non-hydrogen) atoms. The molecule has 0 spiro atoms. The number of carbonyl (C=O) groups is 1. The Morgan fingerprint density at radius 3 is 2.81 bits per heavy atom. The van der Waals surface area contributed by atoms with Gasteiger partial charge in [0.15, 0.2) is 5.78 Å². The van der Waals surface area contributed by atoms with Gasteiger partial charge in [-0.3, -0.25) is 4.79 Å². The van der Waals surface area contributed by atoms with Gasteiger partial charge in [-0.25, -0.2) is 4.39 Å². The van der Waals surface area contributed by atoms with Gasteiger partial charge in [-0.1, -0.05) is 30.2 Å². The van der Waals surface area contributed by atoms with Gasteiger partial charge < -0.3 is 5.73 Å². The molecule has 1 fully saturated rings. The lowest BCUT2D eigenvalue weighted by atomic mass is 9.76. The van der Waals surface area contributed by atoms with E-state index in [4.69, 9.17) is 17.3 Å². The van der Waals surface area contributed by atoms with Crippen molar-refractivity contribution >= 4 is 17.4 Å². The molecule has 2 rings (SSSR count). The van der Waals surface area contributed by atoms with Crippen LogP contribution < -0.4 is 5.73 Å². The predicted octanol–water partition coefficient (Wildman–Crippen LogP) is 2.78. The zero-order chi connectivity index (χ0) is 11.8. The van der Waals surface area contributed by atoms with Gasteiger partial charge in [0.25, 0.3) is 0 Å². The highest BCUT2D eigenvalue weighted by Crippen LogP contribution is 2.35. The first-order chi connectivity index (χ1) is 7.55. The topological polar surface area (TPSA) is 43.1 Å². The Labute approximate surface area is 98.6 Å². The first-order valence-corrected chi connectivity index (χ1v) is 5.70. The van der Waals surface area contributed by atoms with E-state index in [-0.39, 0.29) is 16.4 Å². The summed E-state index contributed by atoms with van der Waals surface area (Å²) < 4.78 is 13.8. The third-order valence-electron chi connectivity index (χ3n) is 3.15. The standard InChI is InChI=1S/C12H13ClFNO/c13-9-5-3-4-8(11(9)14)12(15)7-2-1-6-10(12)16/h3-5H,1-2,6-7,15H2. The average Bonchev–Trinajstić information content (AvgIpc) is 2.26. The largest absolute Gasteiger partial charge is 0.315 e. The summed E-state index contributed by atoms with van der Waals surface area (Å²) in [6.45, 7) is 0. The number of nitrogens with two attached hydrogens (primary N) is 1. The van der Waals surface area contributed by atoms with Crippen LogP contribution in [0.25, 0.3) is 0 Å². The Balaban J connectivity index is 2.49. The van der Waals surface area contributed by atoms with E-state index in [0.29, 0.717) is 12.8 Å². The van der Waals surface area contributed by atoms with Crippen molar-refractivity contribution < 1.29 is 9.18 Å². The zero-order valence-electron chi connectivity index (χ0n) is 8.80. The Hall–Kier alpha value is -0.930. The van der Waals surface area contributed by atoms with Crippen molar-refractivity contribution in [1.29, 1.82) is 0 Å². The van der Waals surface area contributed by atoms with Crippen LogP contribution in [0.3, 0.4) is 0 Å². The minimum Gasteiger partial charge on any atom is -0.315 e. The summed E-state index contributed by atoms with van der Waals surface area (Å²) >= 11 is 5.70. The van der Waals surface area contributed by atoms with E-state index in [1.165, 1.54) is 6.07 Å². The number of benzene rings is 1. The predicted molar refractivity (Wildman–Crippen MR) is 60.8 cm³/mol. The van der Waals surface area contributed by atoms with Crippen LogP contribution in [0.1, 0.15) is 31.2 Å². The SMILES string of the molecule is NC1(c2cccc(Cl)c2F)CCCCC1=O. The number of carbonyl (C=O) groups excluding carboxylic acids is 1. The molecule has 0 heterocycles. The molecule has 0 aliphatic heterocycles. The summed E-state index contributed by atoms with van der Waals surface area (Å²) in [6, 6.07) is 4.62. The summed E-state index contributed by atoms with van der Waals surface area (Å²) in [7, 11) is 0. The summed E-state index contributed by atoms with van der Waals surface area (Å²) in [5, 5.41) is 0.0145. The second-order valence-electron chi connectivity index (χ2n) is 4.20. The molecule has 0 amide bonds. The lowest BCUT2D eigenvalue weighted by Crippen LogP contribution is -2.47. The molecule has 2 N–H and O–H groups in total. The van der Waals surface area contributed by atoms with Gasteiger partial charge in [0.1, 0.15) is 11.4 Å². The highest BCUT2D eigenvalue weighted by atomic mass is 35.5. The molecule has 4 heteroatoms. The van der Waals surface area contributed by atoms with Crippen LogP contribution in [0, 0.1) is 5.82 Å². The van der Waals surface area contributed by atoms with Crippen LogP contribution in [0.4, 0.5) is 4.39 Å². The molecule has 0 aromatic heterocycles. The maximum atomic E-state index is 13.8. The van der Waals surface area contributed by atoms with E-state index >= 15 is 0 Å². The van der Waals surface area contributed by atoms with E-state index in [0.717, 1.165) is 12.8 Å². The molecular weight excluding hydrogens is 229 g/mol. The molecule has 1 aromatic carbocycles. The molecule has 1 saturated carbocycles. The van der Waals surface area contributed by atoms with Crippen LogP contribution in [0.2, 0.25) is 5.02 Å². The Morgan fingerprint density at radius 1 is 1.38 bits per heavy atom. The lowest BCUT2D eigenvalue weighted by Gasteiger charge is -2.32. The van der Waals surface area contributed by atoms with Gasteiger partial charge >= 0.3 is 0 Å². The van der Waals surface area contributed by atoms with Gasteiger partial charge in [-0.2, -0.15) is 0 Å². The van der Waals surface area contributed by atoms with E-state index in [9.17, 15) is 9.18 Å². The molecule has 2 nitrogen and oxygen atoms in total. The maximum Gasteiger partial charge on any atom is 0.157 e. The minimum absolute atomic E-state index is 0.0145. The summed E-state index contributed by atoms with van der Waals surface area (Å²) in [6.07, 6.45) is 2.58. The van der Waals surface area contributed by atoms with Crippen LogP contribution in [0.5, 0.6) is 0 Å². The van der Waals surface area contributed by atoms with Crippen molar-refractivity contribution in [2.24, 2.45) is 5.73 Å². The quantitative estimate of drug-likeness (QED) is 0.822. The third kappa shape index (κ3) is 1.74. The van der Waals surface area contributed by atoms with Crippen LogP contribution >= 0.6 is 11.6 Å². The number of hydrogen-bond donors (Lipinski definition) is 1. The molecule has 1 aliphatic rings. The monoisotopic (exact) mass is 241 g/mol. The van der Waals surface area contributed by atoms with Crippen molar-refractivity contribution in [1.82, 2.24) is 0 Å². The molecule has 0 bridgehead atoms. The van der Waals surface area contributed by atoms with Crippen molar-refractivity contribution in [3.8, 4) is 0 Å². The van der Waals surface area contributed by atoms with Crippen LogP contribution in [-0.2, 0) is 10.3 Å². The van der Waals surface area contributed by atoms with Crippen molar-refractivity contribution in [2.45, 2.75) is 31.2 Å². The van der Waals surface area contributed by atoms with Gasteiger partial charge in [0, 0.05) is 12.0 Å². The minimum atomic E-state index is -1.19. The summed E-state index contributed by atoms with van der Waals surface area (Å²) in [5.41, 5.74) is 5.08. The number of rotatable bonds is 1. The first kappa shape index (κ1) is 11.6. The second-order valence-corrected chi connectivity index (χ2v) is 4.61. The van der Waals surface area contributed by atoms with E-state index < -0.39 is 11.4 Å². The van der Waals surface area contributed by atoms with E-state index in [1.54, 1.807) is 12.1 Å². The fraction of sp³-hybridized carbons (Fsp3) is 0.417. The Bertz CT molecular complexity index is 435. The van der Waals surface area contributed by atoms with Gasteiger partial charge in [0.2, 0.25) is 0 Å².